The molecule has 6 heteroatoms. The third-order valence-electron chi connectivity index (χ3n) is 18.0. The molecule has 3 aliphatic heterocycles. The minimum Gasteiger partial charge on any atom is -0.334 e. The van der Waals surface area contributed by atoms with Gasteiger partial charge in [-0.1, -0.05) is 159 Å². The fraction of sp³-hybridized carbons (Fsp3) is 0.130. The summed E-state index contributed by atoms with van der Waals surface area (Å²) in [6.45, 7) is 7.42. The van der Waals surface area contributed by atoms with Gasteiger partial charge in [0, 0.05) is 75.2 Å². The van der Waals surface area contributed by atoms with E-state index in [1.807, 2.05) is 22.7 Å². The summed E-state index contributed by atoms with van der Waals surface area (Å²) in [5.41, 5.74) is 21.6. The molecule has 0 N–H and O–H groups in total. The normalized spacial score (nSPS) is 18.4. The molecule has 10 aromatic carbocycles. The average molecular weight is 998 g/mol. The lowest BCUT2D eigenvalue weighted by molar-refractivity contribution is 0.195. The Hall–Kier alpha value is -7.90. The monoisotopic (exact) mass is 997 g/mol. The Labute approximate surface area is 446 Å². The van der Waals surface area contributed by atoms with Crippen molar-refractivity contribution >= 4 is 132 Å². The first-order valence-electron chi connectivity index (χ1n) is 26.7. The van der Waals surface area contributed by atoms with E-state index in [2.05, 4.69) is 248 Å². The summed E-state index contributed by atoms with van der Waals surface area (Å²) in [4.78, 5) is 8.10. The summed E-state index contributed by atoms with van der Waals surface area (Å²) >= 11 is 3.81. The van der Waals surface area contributed by atoms with Crippen molar-refractivity contribution in [3.63, 3.8) is 0 Å². The fourth-order valence-corrected chi connectivity index (χ4v) is 16.7. The van der Waals surface area contributed by atoms with Crippen molar-refractivity contribution < 1.29 is 0 Å². The maximum absolute atomic E-state index is 2.78. The number of benzene rings is 10. The van der Waals surface area contributed by atoms with E-state index in [-0.39, 0.29) is 17.7 Å². The molecule has 0 saturated heterocycles. The van der Waals surface area contributed by atoms with Crippen LogP contribution >= 0.6 is 22.7 Å². The van der Waals surface area contributed by atoms with Gasteiger partial charge < -0.3 is 14.7 Å². The first-order valence-corrected chi connectivity index (χ1v) is 28.4. The molecular formula is C69H52BN3S2. The van der Waals surface area contributed by atoms with Crippen LogP contribution in [0, 0.1) is 6.92 Å². The van der Waals surface area contributed by atoms with Crippen molar-refractivity contribution in [3.8, 4) is 22.3 Å². The number of hydrogen-bond donors (Lipinski definition) is 0. The molecule has 5 heterocycles. The van der Waals surface area contributed by atoms with Gasteiger partial charge in [-0.25, -0.2) is 0 Å². The summed E-state index contributed by atoms with van der Waals surface area (Å²) in [6.07, 6.45) is 4.76. The predicted octanol–water partition coefficient (Wildman–Crippen LogP) is 17.9. The van der Waals surface area contributed by atoms with Crippen molar-refractivity contribution in [2.75, 3.05) is 14.7 Å². The van der Waals surface area contributed by atoms with E-state index < -0.39 is 0 Å². The molecule has 1 saturated carbocycles. The average Bonchev–Trinajstić information content (AvgIpc) is 4.16. The summed E-state index contributed by atoms with van der Waals surface area (Å²) in [7, 11) is 0. The molecule has 0 spiro atoms. The number of aryl methyl sites for hydroxylation is 1. The summed E-state index contributed by atoms with van der Waals surface area (Å²) in [5.74, 6) is 0. The van der Waals surface area contributed by atoms with Gasteiger partial charge >= 0.3 is 0 Å². The molecule has 2 atom stereocenters. The molecule has 2 aromatic heterocycles. The number of hydrogen-bond acceptors (Lipinski definition) is 5. The van der Waals surface area contributed by atoms with Gasteiger partial charge in [-0.3, -0.25) is 0 Å². The fourth-order valence-electron chi connectivity index (χ4n) is 14.4. The van der Waals surface area contributed by atoms with Gasteiger partial charge in [0.05, 0.1) is 21.6 Å². The molecule has 16 rings (SSSR count). The van der Waals surface area contributed by atoms with Gasteiger partial charge in [-0.15, -0.1) is 22.7 Å². The van der Waals surface area contributed by atoms with Crippen molar-refractivity contribution in [3.05, 3.63) is 223 Å². The van der Waals surface area contributed by atoms with E-state index in [1.165, 1.54) is 155 Å². The van der Waals surface area contributed by atoms with Crippen molar-refractivity contribution in [1.82, 2.24) is 0 Å². The summed E-state index contributed by atoms with van der Waals surface area (Å²) in [6, 6.07) is 81.0. The van der Waals surface area contributed by atoms with Crippen LogP contribution in [0.15, 0.2) is 212 Å². The number of rotatable bonds is 5. The number of thiophene rings is 2. The molecule has 0 amide bonds. The van der Waals surface area contributed by atoms with E-state index in [0.717, 1.165) is 6.42 Å². The Morgan fingerprint density at radius 3 is 1.79 bits per heavy atom. The second-order valence-electron chi connectivity index (χ2n) is 22.0. The van der Waals surface area contributed by atoms with Crippen molar-refractivity contribution in [2.45, 2.75) is 57.4 Å². The largest absolute Gasteiger partial charge is 0.334 e. The Morgan fingerprint density at radius 2 is 1.01 bits per heavy atom. The molecule has 1 fully saturated rings. The first kappa shape index (κ1) is 43.5. The predicted molar refractivity (Wildman–Crippen MR) is 325 cm³/mol. The van der Waals surface area contributed by atoms with E-state index in [0.29, 0.717) is 0 Å². The summed E-state index contributed by atoms with van der Waals surface area (Å²) in [5, 5.41) is 5.23. The molecule has 4 aliphatic rings. The zero-order valence-electron chi connectivity index (χ0n) is 42.3. The highest BCUT2D eigenvalue weighted by molar-refractivity contribution is 7.26. The Bertz CT molecular complexity index is 4350. The van der Waals surface area contributed by atoms with E-state index >= 15 is 0 Å². The quantitative estimate of drug-likeness (QED) is 0.159. The number of nitrogens with zero attached hydrogens (tertiary/aromatic N) is 3. The van der Waals surface area contributed by atoms with E-state index in [4.69, 9.17) is 0 Å². The SMILES string of the molecule is Cc1cc2c3c(c1)N(c1cccc4sc5ccccc5c14)c1cc(-c4ccccc4)ccc1B3c1ccc(N3c4ccc(-c5ccccc5)cc4C4(C)CCCCC34C)cc1N2c1cccc2c1sc1ccccc12. The molecule has 75 heavy (non-hydrogen) atoms. The van der Waals surface area contributed by atoms with Gasteiger partial charge in [0.15, 0.2) is 0 Å². The van der Waals surface area contributed by atoms with Crippen LogP contribution in [0.2, 0.25) is 0 Å². The van der Waals surface area contributed by atoms with Crippen LogP contribution in [-0.2, 0) is 5.41 Å². The lowest BCUT2D eigenvalue weighted by Gasteiger charge is -2.50. The van der Waals surface area contributed by atoms with Gasteiger partial charge in [0.2, 0.25) is 0 Å². The molecule has 0 bridgehead atoms. The molecule has 3 nitrogen and oxygen atoms in total. The number of anilines is 8. The smallest absolute Gasteiger partial charge is 0.252 e. The highest BCUT2D eigenvalue weighted by atomic mass is 32.1. The Morgan fingerprint density at radius 1 is 0.427 bits per heavy atom. The Balaban J connectivity index is 0.985. The van der Waals surface area contributed by atoms with Gasteiger partial charge in [0.1, 0.15) is 0 Å². The molecular weight excluding hydrogens is 946 g/mol. The molecule has 1 aliphatic carbocycles. The van der Waals surface area contributed by atoms with Gasteiger partial charge in [-0.05, 0) is 149 Å². The van der Waals surface area contributed by atoms with Gasteiger partial charge in [0.25, 0.3) is 6.71 Å². The topological polar surface area (TPSA) is 9.72 Å². The molecule has 2 unspecified atom stereocenters. The van der Waals surface area contributed by atoms with Gasteiger partial charge in [-0.2, -0.15) is 0 Å². The highest BCUT2D eigenvalue weighted by Gasteiger charge is 2.58. The zero-order chi connectivity index (χ0) is 49.7. The van der Waals surface area contributed by atoms with Crippen LogP contribution < -0.4 is 31.1 Å². The van der Waals surface area contributed by atoms with E-state index in [9.17, 15) is 0 Å². The van der Waals surface area contributed by atoms with Crippen LogP contribution in [0.25, 0.3) is 62.6 Å². The van der Waals surface area contributed by atoms with Crippen LogP contribution in [0.1, 0.15) is 50.7 Å². The summed E-state index contributed by atoms with van der Waals surface area (Å²) < 4.78 is 5.24. The standard InChI is InChI=1S/C69H52BN3S2/c1-43-38-60-66-61(39-43)72(57-26-16-24-50-49-22-10-12-27-62(49)75-67(50)57)59-42-48(73-55-35-31-46(44-18-6-4-7-19-44)40-52(55)68(2)36-14-15-37-69(68,73)3)32-34-54(59)70(66)53-33-30-47(45-20-8-5-9-21-45)41-58(53)71(60)56-25-17-29-64-65(56)51-23-11-13-28-63(51)74-64/h4-13,16-35,38-42H,14-15,36-37H2,1-3H3. The van der Waals surface area contributed by atoms with Crippen LogP contribution in [0.4, 0.5) is 45.5 Å². The lowest BCUT2D eigenvalue weighted by atomic mass is 9.33. The Kier molecular flexibility index (Phi) is 9.31. The van der Waals surface area contributed by atoms with Crippen LogP contribution in [0.5, 0.6) is 0 Å². The van der Waals surface area contributed by atoms with Crippen molar-refractivity contribution in [2.24, 2.45) is 0 Å². The maximum Gasteiger partial charge on any atom is 0.252 e. The minimum absolute atomic E-state index is 0.0261. The second kappa shape index (κ2) is 16.1. The minimum atomic E-state index is -0.123. The van der Waals surface area contributed by atoms with Crippen molar-refractivity contribution in [1.29, 1.82) is 0 Å². The number of fused-ring (bicyclic) bond motifs is 13. The molecule has 12 aromatic rings. The van der Waals surface area contributed by atoms with E-state index in [1.54, 1.807) is 0 Å². The van der Waals surface area contributed by atoms with Crippen LogP contribution in [0.3, 0.4) is 0 Å². The highest BCUT2D eigenvalue weighted by Crippen LogP contribution is 2.62. The zero-order valence-corrected chi connectivity index (χ0v) is 43.9. The van der Waals surface area contributed by atoms with Crippen LogP contribution in [-0.4, -0.2) is 12.3 Å². The molecule has 358 valence electrons. The maximum atomic E-state index is 2.78. The third-order valence-corrected chi connectivity index (χ3v) is 20.4. The second-order valence-corrected chi connectivity index (χ2v) is 24.1. The lowest BCUT2D eigenvalue weighted by Crippen LogP contribution is -2.61. The molecule has 0 radical (unpaired) electrons. The first-order chi connectivity index (χ1) is 36.8. The third kappa shape index (κ3) is 6.10.